The van der Waals surface area contributed by atoms with E-state index in [1.54, 1.807) is 12.1 Å². The van der Waals surface area contributed by atoms with Gasteiger partial charge < -0.3 is 15.5 Å². The lowest BCUT2D eigenvalue weighted by Crippen LogP contribution is -2.11. The number of thiophene rings is 1. The Morgan fingerprint density at radius 2 is 1.95 bits per heavy atom. The van der Waals surface area contributed by atoms with Crippen LogP contribution in [0, 0.1) is 0 Å². The Morgan fingerprint density at radius 1 is 1.21 bits per heavy atom. The number of aromatic carboxylic acids is 1. The molecule has 0 atom stereocenters. The van der Waals surface area contributed by atoms with Gasteiger partial charge in [0.05, 0.1) is 14.4 Å². The zero-order valence-electron chi connectivity index (χ0n) is 9.38. The maximum atomic E-state index is 11.9. The highest BCUT2D eigenvalue weighted by Crippen LogP contribution is 2.29. The fourth-order valence-corrected chi connectivity index (χ4v) is 2.72. The van der Waals surface area contributed by atoms with Crippen molar-refractivity contribution >= 4 is 44.8 Å². The fourth-order valence-electron chi connectivity index (χ4n) is 1.44. The van der Waals surface area contributed by atoms with Crippen molar-refractivity contribution in [2.24, 2.45) is 0 Å². The lowest BCUT2D eigenvalue weighted by Gasteiger charge is -2.08. The summed E-state index contributed by atoms with van der Waals surface area (Å²) in [6, 6.07) is 7.50. The van der Waals surface area contributed by atoms with Crippen molar-refractivity contribution in [2.75, 3.05) is 5.32 Å². The molecule has 1 heterocycles. The van der Waals surface area contributed by atoms with Gasteiger partial charge >= 0.3 is 5.97 Å². The van der Waals surface area contributed by atoms with Crippen molar-refractivity contribution in [1.29, 1.82) is 0 Å². The molecule has 0 aliphatic rings. The topological polar surface area (TPSA) is 86.6 Å². The van der Waals surface area contributed by atoms with Crippen molar-refractivity contribution in [3.63, 3.8) is 0 Å². The summed E-state index contributed by atoms with van der Waals surface area (Å²) >= 11 is 4.48. The Kier molecular flexibility index (Phi) is 3.87. The van der Waals surface area contributed by atoms with Crippen molar-refractivity contribution in [2.45, 2.75) is 0 Å². The second kappa shape index (κ2) is 5.41. The predicted molar refractivity (Wildman–Crippen MR) is 75.0 cm³/mol. The van der Waals surface area contributed by atoms with E-state index >= 15 is 0 Å². The van der Waals surface area contributed by atoms with Crippen LogP contribution in [0.15, 0.2) is 34.1 Å². The van der Waals surface area contributed by atoms with Crippen LogP contribution < -0.4 is 5.32 Å². The summed E-state index contributed by atoms with van der Waals surface area (Å²) in [6.45, 7) is 0. The van der Waals surface area contributed by atoms with Gasteiger partial charge in [-0.2, -0.15) is 0 Å². The standard InChI is InChI=1S/C12H8BrNO4S/c13-9-5-4-8(19-9)11(16)14-7-3-1-2-6(10(7)15)12(17)18/h1-5,15H,(H,14,16)(H,17,18). The molecule has 2 aromatic rings. The van der Waals surface area contributed by atoms with Gasteiger partial charge in [-0.1, -0.05) is 6.07 Å². The molecule has 1 amide bonds. The van der Waals surface area contributed by atoms with Crippen molar-refractivity contribution in [3.8, 4) is 5.75 Å². The lowest BCUT2D eigenvalue weighted by molar-refractivity contribution is 0.0693. The Morgan fingerprint density at radius 3 is 2.53 bits per heavy atom. The molecule has 0 bridgehead atoms. The molecule has 5 nitrogen and oxygen atoms in total. The van der Waals surface area contributed by atoms with Crippen molar-refractivity contribution in [1.82, 2.24) is 0 Å². The van der Waals surface area contributed by atoms with Gasteiger partial charge in [0.1, 0.15) is 5.56 Å². The summed E-state index contributed by atoms with van der Waals surface area (Å²) in [4.78, 5) is 23.2. The highest BCUT2D eigenvalue weighted by Gasteiger charge is 2.16. The molecule has 2 rings (SSSR count). The maximum Gasteiger partial charge on any atom is 0.339 e. The number of para-hydroxylation sites is 1. The number of hydrogen-bond acceptors (Lipinski definition) is 4. The summed E-state index contributed by atoms with van der Waals surface area (Å²) in [6.07, 6.45) is 0. The molecule has 0 aliphatic heterocycles. The van der Waals surface area contributed by atoms with Crippen LogP contribution >= 0.6 is 27.3 Å². The van der Waals surface area contributed by atoms with Crippen molar-refractivity contribution in [3.05, 3.63) is 44.6 Å². The molecule has 98 valence electrons. The molecule has 1 aromatic carbocycles. The number of phenols is 1. The van der Waals surface area contributed by atoms with E-state index in [1.807, 2.05) is 0 Å². The van der Waals surface area contributed by atoms with Crippen LogP contribution in [0.3, 0.4) is 0 Å². The first kappa shape index (κ1) is 13.6. The summed E-state index contributed by atoms with van der Waals surface area (Å²) in [5.74, 6) is -2.13. The number of hydrogen-bond donors (Lipinski definition) is 3. The summed E-state index contributed by atoms with van der Waals surface area (Å²) in [7, 11) is 0. The molecule has 0 saturated heterocycles. The minimum absolute atomic E-state index is 0.0643. The predicted octanol–water partition coefficient (Wildman–Crippen LogP) is 3.17. The molecular formula is C12H8BrNO4S. The van der Waals surface area contributed by atoms with Crippen LogP contribution in [-0.2, 0) is 0 Å². The fraction of sp³-hybridized carbons (Fsp3) is 0. The SMILES string of the molecule is O=C(Nc1cccc(C(=O)O)c1O)c1ccc(Br)s1. The van der Waals surface area contributed by atoms with Crippen LogP contribution in [0.2, 0.25) is 0 Å². The quantitative estimate of drug-likeness (QED) is 0.748. The highest BCUT2D eigenvalue weighted by molar-refractivity contribution is 9.11. The molecule has 0 aliphatic carbocycles. The number of rotatable bonds is 3. The van der Waals surface area contributed by atoms with Gasteiger partial charge in [0, 0.05) is 0 Å². The average molecular weight is 342 g/mol. The number of carbonyl (C=O) groups excluding carboxylic acids is 1. The van der Waals surface area contributed by atoms with E-state index in [1.165, 1.54) is 29.5 Å². The van der Waals surface area contributed by atoms with Crippen LogP contribution in [0.25, 0.3) is 0 Å². The van der Waals surface area contributed by atoms with Gasteiger partial charge in [-0.05, 0) is 40.2 Å². The third-order valence-corrected chi connectivity index (χ3v) is 3.93. The highest BCUT2D eigenvalue weighted by atomic mass is 79.9. The summed E-state index contributed by atoms with van der Waals surface area (Å²) < 4.78 is 0.807. The lowest BCUT2D eigenvalue weighted by atomic mass is 10.1. The number of amides is 1. The van der Waals surface area contributed by atoms with Gasteiger partial charge in [-0.25, -0.2) is 4.79 Å². The number of carboxylic acid groups (broad SMARTS) is 1. The van der Waals surface area contributed by atoms with Gasteiger partial charge in [0.25, 0.3) is 5.91 Å². The molecule has 0 saturated carbocycles. The number of benzene rings is 1. The average Bonchev–Trinajstić information content (AvgIpc) is 2.78. The molecule has 0 radical (unpaired) electrons. The number of carboxylic acids is 1. The van der Waals surface area contributed by atoms with Crippen LogP contribution in [0.5, 0.6) is 5.75 Å². The molecular weight excluding hydrogens is 334 g/mol. The Balaban J connectivity index is 2.27. The van der Waals surface area contributed by atoms with Gasteiger partial charge in [-0.3, -0.25) is 4.79 Å². The second-order valence-electron chi connectivity index (χ2n) is 3.56. The third-order valence-electron chi connectivity index (χ3n) is 2.31. The third kappa shape index (κ3) is 2.94. The molecule has 0 fully saturated rings. The van der Waals surface area contributed by atoms with E-state index in [0.29, 0.717) is 4.88 Å². The second-order valence-corrected chi connectivity index (χ2v) is 6.03. The first-order chi connectivity index (χ1) is 8.99. The monoisotopic (exact) mass is 341 g/mol. The molecule has 1 aromatic heterocycles. The van der Waals surface area contributed by atoms with Gasteiger partial charge in [0.2, 0.25) is 0 Å². The smallest absolute Gasteiger partial charge is 0.339 e. The number of anilines is 1. The molecule has 19 heavy (non-hydrogen) atoms. The van der Waals surface area contributed by atoms with E-state index in [-0.39, 0.29) is 11.3 Å². The Hall–Kier alpha value is -1.86. The largest absolute Gasteiger partial charge is 0.505 e. The van der Waals surface area contributed by atoms with Gasteiger partial charge in [0.15, 0.2) is 5.75 Å². The first-order valence-corrected chi connectivity index (χ1v) is 6.72. The Bertz CT molecular complexity index is 653. The normalized spacial score (nSPS) is 10.2. The minimum Gasteiger partial charge on any atom is -0.505 e. The van der Waals surface area contributed by atoms with E-state index in [4.69, 9.17) is 5.11 Å². The molecule has 7 heteroatoms. The van der Waals surface area contributed by atoms with Crippen LogP contribution in [0.4, 0.5) is 5.69 Å². The van der Waals surface area contributed by atoms with Gasteiger partial charge in [-0.15, -0.1) is 11.3 Å². The Labute approximate surface area is 120 Å². The molecule has 3 N–H and O–H groups in total. The summed E-state index contributed by atoms with van der Waals surface area (Å²) in [5, 5.41) is 21.1. The number of aromatic hydroxyl groups is 1. The van der Waals surface area contributed by atoms with E-state index in [0.717, 1.165) is 3.79 Å². The van der Waals surface area contributed by atoms with Crippen molar-refractivity contribution < 1.29 is 19.8 Å². The number of nitrogens with one attached hydrogen (secondary N) is 1. The zero-order chi connectivity index (χ0) is 14.0. The number of halogens is 1. The first-order valence-electron chi connectivity index (χ1n) is 5.11. The van der Waals surface area contributed by atoms with Crippen LogP contribution in [0.1, 0.15) is 20.0 Å². The maximum absolute atomic E-state index is 11.9. The zero-order valence-corrected chi connectivity index (χ0v) is 11.8. The van der Waals surface area contributed by atoms with E-state index < -0.39 is 17.6 Å². The number of carbonyl (C=O) groups is 2. The summed E-state index contributed by atoms with van der Waals surface area (Å²) in [5.41, 5.74) is -0.195. The van der Waals surface area contributed by atoms with E-state index in [2.05, 4.69) is 21.2 Å². The molecule has 0 spiro atoms. The molecule has 0 unspecified atom stereocenters. The van der Waals surface area contributed by atoms with Crippen LogP contribution in [-0.4, -0.2) is 22.1 Å². The van der Waals surface area contributed by atoms with E-state index in [9.17, 15) is 14.7 Å². The minimum atomic E-state index is -1.26.